The van der Waals surface area contributed by atoms with Crippen LogP contribution in [0.15, 0.2) is 18.2 Å². The van der Waals surface area contributed by atoms with Crippen LogP contribution >= 0.6 is 0 Å². The number of hydrogen-bond acceptors (Lipinski definition) is 4. The van der Waals surface area contributed by atoms with E-state index in [0.717, 1.165) is 32.4 Å². The largest absolute Gasteiger partial charge is 0.481 e. The summed E-state index contributed by atoms with van der Waals surface area (Å²) in [5.74, 6) is 1.26. The van der Waals surface area contributed by atoms with E-state index in [1.165, 1.54) is 0 Å². The highest BCUT2D eigenvalue weighted by atomic mass is 16.5. The first kappa shape index (κ1) is 11.2. The standard InChI is InChI=1S/C12H18N2O2/c1-15-11-5-2-6-12(14-11)16-10-4-3-8-13-9-7-10/h2,5-6,10,13H,3-4,7-9H2,1H3. The number of nitrogens with zero attached hydrogens (tertiary/aromatic N) is 1. The van der Waals surface area contributed by atoms with Crippen LogP contribution in [0.5, 0.6) is 11.8 Å². The minimum atomic E-state index is 0.273. The van der Waals surface area contributed by atoms with Crippen molar-refractivity contribution in [2.75, 3.05) is 20.2 Å². The summed E-state index contributed by atoms with van der Waals surface area (Å²) < 4.78 is 10.9. The third-order valence-electron chi connectivity index (χ3n) is 2.72. The molecule has 0 bridgehead atoms. The van der Waals surface area contributed by atoms with Gasteiger partial charge in [-0.3, -0.25) is 0 Å². The van der Waals surface area contributed by atoms with Gasteiger partial charge in [0.25, 0.3) is 0 Å². The number of rotatable bonds is 3. The van der Waals surface area contributed by atoms with Crippen LogP contribution in [-0.2, 0) is 0 Å². The average molecular weight is 222 g/mol. The Morgan fingerprint density at radius 3 is 3.00 bits per heavy atom. The molecule has 1 N–H and O–H groups in total. The zero-order chi connectivity index (χ0) is 11.2. The summed E-state index contributed by atoms with van der Waals surface area (Å²) in [7, 11) is 1.61. The van der Waals surface area contributed by atoms with Gasteiger partial charge in [0.1, 0.15) is 6.10 Å². The van der Waals surface area contributed by atoms with Gasteiger partial charge >= 0.3 is 0 Å². The first-order valence-corrected chi connectivity index (χ1v) is 5.77. The first-order chi connectivity index (χ1) is 7.88. The molecule has 2 rings (SSSR count). The van der Waals surface area contributed by atoms with Crippen LogP contribution in [0.25, 0.3) is 0 Å². The van der Waals surface area contributed by atoms with E-state index in [1.807, 2.05) is 18.2 Å². The van der Waals surface area contributed by atoms with Crippen molar-refractivity contribution in [2.24, 2.45) is 0 Å². The molecule has 16 heavy (non-hydrogen) atoms. The van der Waals surface area contributed by atoms with Gasteiger partial charge in [0, 0.05) is 12.1 Å². The molecule has 1 fully saturated rings. The fraction of sp³-hybridized carbons (Fsp3) is 0.583. The second-order valence-corrected chi connectivity index (χ2v) is 3.94. The molecule has 1 aromatic rings. The molecule has 1 aromatic heterocycles. The van der Waals surface area contributed by atoms with Gasteiger partial charge < -0.3 is 14.8 Å². The molecule has 1 unspecified atom stereocenters. The van der Waals surface area contributed by atoms with Crippen molar-refractivity contribution in [1.82, 2.24) is 10.3 Å². The molecule has 2 heterocycles. The molecule has 1 saturated heterocycles. The topological polar surface area (TPSA) is 43.4 Å². The summed E-state index contributed by atoms with van der Waals surface area (Å²) in [5, 5.41) is 3.36. The fourth-order valence-corrected chi connectivity index (χ4v) is 1.85. The normalized spacial score (nSPS) is 21.2. The highest BCUT2D eigenvalue weighted by Crippen LogP contribution is 2.17. The van der Waals surface area contributed by atoms with Crippen LogP contribution in [0, 0.1) is 0 Å². The van der Waals surface area contributed by atoms with Gasteiger partial charge in [0.15, 0.2) is 0 Å². The summed E-state index contributed by atoms with van der Waals surface area (Å²) in [6.07, 6.45) is 3.56. The van der Waals surface area contributed by atoms with Crippen LogP contribution in [-0.4, -0.2) is 31.3 Å². The van der Waals surface area contributed by atoms with Gasteiger partial charge in [-0.15, -0.1) is 0 Å². The van der Waals surface area contributed by atoms with Gasteiger partial charge in [0.05, 0.1) is 7.11 Å². The Bertz CT molecular complexity index is 323. The lowest BCUT2D eigenvalue weighted by molar-refractivity contribution is 0.178. The second-order valence-electron chi connectivity index (χ2n) is 3.94. The Hall–Kier alpha value is -1.29. The predicted octanol–water partition coefficient (Wildman–Crippen LogP) is 1.61. The summed E-state index contributed by atoms with van der Waals surface area (Å²) in [4.78, 5) is 4.25. The SMILES string of the molecule is COc1cccc(OC2CCCNCC2)n1. The maximum atomic E-state index is 5.85. The molecule has 0 amide bonds. The van der Waals surface area contributed by atoms with Crippen molar-refractivity contribution < 1.29 is 9.47 Å². The lowest BCUT2D eigenvalue weighted by Crippen LogP contribution is -2.19. The molecule has 0 aromatic carbocycles. The van der Waals surface area contributed by atoms with Crippen molar-refractivity contribution in [3.8, 4) is 11.8 Å². The zero-order valence-corrected chi connectivity index (χ0v) is 9.61. The van der Waals surface area contributed by atoms with Crippen molar-refractivity contribution in [3.63, 3.8) is 0 Å². The molecule has 1 atom stereocenters. The third kappa shape index (κ3) is 3.10. The average Bonchev–Trinajstić information content (AvgIpc) is 2.58. The minimum absolute atomic E-state index is 0.273. The zero-order valence-electron chi connectivity index (χ0n) is 9.61. The Labute approximate surface area is 96.0 Å². The summed E-state index contributed by atoms with van der Waals surface area (Å²) >= 11 is 0. The lowest BCUT2D eigenvalue weighted by Gasteiger charge is -2.15. The van der Waals surface area contributed by atoms with Crippen molar-refractivity contribution in [1.29, 1.82) is 0 Å². The molecule has 0 saturated carbocycles. The van der Waals surface area contributed by atoms with Crippen molar-refractivity contribution in [3.05, 3.63) is 18.2 Å². The van der Waals surface area contributed by atoms with Crippen molar-refractivity contribution in [2.45, 2.75) is 25.4 Å². The Kier molecular flexibility index (Phi) is 3.99. The van der Waals surface area contributed by atoms with Crippen LogP contribution in [0.2, 0.25) is 0 Å². The predicted molar refractivity (Wildman–Crippen MR) is 61.9 cm³/mol. The molecule has 1 aliphatic rings. The molecule has 0 radical (unpaired) electrons. The molecular formula is C12H18N2O2. The molecule has 0 aliphatic carbocycles. The number of ether oxygens (including phenoxy) is 2. The number of pyridine rings is 1. The summed E-state index contributed by atoms with van der Waals surface area (Å²) in [6.45, 7) is 2.11. The van der Waals surface area contributed by atoms with E-state index in [2.05, 4.69) is 10.3 Å². The van der Waals surface area contributed by atoms with E-state index in [-0.39, 0.29) is 6.10 Å². The summed E-state index contributed by atoms with van der Waals surface area (Å²) in [5.41, 5.74) is 0. The Balaban J connectivity index is 1.96. The maximum absolute atomic E-state index is 5.85. The number of nitrogens with one attached hydrogen (secondary N) is 1. The minimum Gasteiger partial charge on any atom is -0.481 e. The smallest absolute Gasteiger partial charge is 0.216 e. The molecule has 0 spiro atoms. The first-order valence-electron chi connectivity index (χ1n) is 5.77. The fourth-order valence-electron chi connectivity index (χ4n) is 1.85. The van der Waals surface area contributed by atoms with Gasteiger partial charge in [-0.2, -0.15) is 4.98 Å². The second kappa shape index (κ2) is 5.70. The molecule has 4 nitrogen and oxygen atoms in total. The van der Waals surface area contributed by atoms with E-state index in [1.54, 1.807) is 7.11 Å². The third-order valence-corrected chi connectivity index (χ3v) is 2.72. The van der Waals surface area contributed by atoms with E-state index in [9.17, 15) is 0 Å². The highest BCUT2D eigenvalue weighted by molar-refractivity contribution is 5.19. The molecule has 1 aliphatic heterocycles. The van der Waals surface area contributed by atoms with Gasteiger partial charge in [-0.1, -0.05) is 6.07 Å². The Morgan fingerprint density at radius 1 is 1.25 bits per heavy atom. The monoisotopic (exact) mass is 222 g/mol. The summed E-state index contributed by atoms with van der Waals surface area (Å²) in [6, 6.07) is 5.60. The highest BCUT2D eigenvalue weighted by Gasteiger charge is 2.13. The number of methoxy groups -OCH3 is 1. The van der Waals surface area contributed by atoms with E-state index in [4.69, 9.17) is 9.47 Å². The van der Waals surface area contributed by atoms with E-state index in [0.29, 0.717) is 11.8 Å². The van der Waals surface area contributed by atoms with Crippen LogP contribution in [0.4, 0.5) is 0 Å². The van der Waals surface area contributed by atoms with Crippen LogP contribution < -0.4 is 14.8 Å². The molecular weight excluding hydrogens is 204 g/mol. The maximum Gasteiger partial charge on any atom is 0.216 e. The van der Waals surface area contributed by atoms with Gasteiger partial charge in [-0.05, 0) is 32.4 Å². The number of aromatic nitrogens is 1. The van der Waals surface area contributed by atoms with Gasteiger partial charge in [-0.25, -0.2) is 0 Å². The van der Waals surface area contributed by atoms with Crippen molar-refractivity contribution >= 4 is 0 Å². The lowest BCUT2D eigenvalue weighted by atomic mass is 10.2. The van der Waals surface area contributed by atoms with Crippen LogP contribution in [0.3, 0.4) is 0 Å². The number of hydrogen-bond donors (Lipinski definition) is 1. The Morgan fingerprint density at radius 2 is 2.12 bits per heavy atom. The quantitative estimate of drug-likeness (QED) is 0.843. The van der Waals surface area contributed by atoms with Crippen LogP contribution in [0.1, 0.15) is 19.3 Å². The van der Waals surface area contributed by atoms with Gasteiger partial charge in [0.2, 0.25) is 11.8 Å². The molecule has 4 heteroatoms. The molecule has 88 valence electrons. The van der Waals surface area contributed by atoms with E-state index < -0.39 is 0 Å². The van der Waals surface area contributed by atoms with E-state index >= 15 is 0 Å².